The number of thioether (sulfide) groups is 1. The van der Waals surface area contributed by atoms with Crippen molar-refractivity contribution in [2.75, 3.05) is 14.1 Å². The average Bonchev–Trinajstić information content (AvgIpc) is 3.40. The molecule has 4 aromatic rings. The largest absolute Gasteiger partial charge is 0.300 e. The van der Waals surface area contributed by atoms with E-state index in [1.807, 2.05) is 43.7 Å². The van der Waals surface area contributed by atoms with Gasteiger partial charge in [0, 0.05) is 27.4 Å². The van der Waals surface area contributed by atoms with Gasteiger partial charge in [0.2, 0.25) is 0 Å². The maximum Gasteiger partial charge on any atom is 0.196 e. The van der Waals surface area contributed by atoms with Crippen LogP contribution >= 0.6 is 34.7 Å². The number of halogens is 2. The summed E-state index contributed by atoms with van der Waals surface area (Å²) in [6, 6.07) is 14.2. The Kier molecular flexibility index (Phi) is 6.71. The van der Waals surface area contributed by atoms with Crippen LogP contribution in [0.4, 0.5) is 4.39 Å². The van der Waals surface area contributed by atoms with Crippen molar-refractivity contribution in [2.24, 2.45) is 0 Å². The molecule has 0 spiro atoms. The quantitative estimate of drug-likeness (QED) is 0.303. The van der Waals surface area contributed by atoms with E-state index >= 15 is 0 Å². The lowest BCUT2D eigenvalue weighted by molar-refractivity contribution is 0.305. The van der Waals surface area contributed by atoms with Crippen molar-refractivity contribution >= 4 is 34.7 Å². The summed E-state index contributed by atoms with van der Waals surface area (Å²) in [4.78, 5) is 6.80. The van der Waals surface area contributed by atoms with E-state index in [0.717, 1.165) is 32.9 Å². The molecule has 2 heterocycles. The third kappa shape index (κ3) is 4.98. The molecule has 9 heteroatoms. The van der Waals surface area contributed by atoms with Crippen LogP contribution in [0, 0.1) is 5.82 Å². The van der Waals surface area contributed by atoms with Gasteiger partial charge in [-0.3, -0.25) is 9.47 Å². The molecule has 0 bridgehead atoms. The van der Waals surface area contributed by atoms with Crippen molar-refractivity contribution < 1.29 is 4.39 Å². The van der Waals surface area contributed by atoms with Gasteiger partial charge in [-0.1, -0.05) is 23.4 Å². The van der Waals surface area contributed by atoms with Crippen LogP contribution in [0.5, 0.6) is 0 Å². The number of thiazole rings is 1. The molecule has 4 rings (SSSR count). The predicted molar refractivity (Wildman–Crippen MR) is 126 cm³/mol. The zero-order valence-electron chi connectivity index (χ0n) is 17.3. The summed E-state index contributed by atoms with van der Waals surface area (Å²) in [7, 11) is 4.04. The molecule has 31 heavy (non-hydrogen) atoms. The fourth-order valence-corrected chi connectivity index (χ4v) is 4.85. The lowest BCUT2D eigenvalue weighted by Gasteiger charge is -2.20. The summed E-state index contributed by atoms with van der Waals surface area (Å²) >= 11 is 9.22. The lowest BCUT2D eigenvalue weighted by Crippen LogP contribution is -2.20. The van der Waals surface area contributed by atoms with E-state index in [4.69, 9.17) is 16.6 Å². The van der Waals surface area contributed by atoms with E-state index in [1.54, 1.807) is 35.2 Å². The SMILES string of the molecule is CC(c1nnc(SCc2csc(-c3ccc(F)cc3)n2)n1-c1ccc(Cl)cc1)N(C)C. The van der Waals surface area contributed by atoms with Gasteiger partial charge in [-0.2, -0.15) is 0 Å². The standard InChI is InChI=1S/C22H21ClFN5S2/c1-14(28(2)3)20-26-27-22(29(20)19-10-6-16(23)7-11-19)31-13-18-12-30-21(25-18)15-4-8-17(24)9-5-15/h4-12,14H,13H2,1-3H3. The van der Waals surface area contributed by atoms with Crippen LogP contribution in [0.15, 0.2) is 59.1 Å². The number of hydrogen-bond acceptors (Lipinski definition) is 6. The fourth-order valence-electron chi connectivity index (χ4n) is 2.95. The van der Waals surface area contributed by atoms with Gasteiger partial charge in [0.05, 0.1) is 11.7 Å². The van der Waals surface area contributed by atoms with E-state index < -0.39 is 0 Å². The Hall–Kier alpha value is -2.26. The number of hydrogen-bond donors (Lipinski definition) is 0. The van der Waals surface area contributed by atoms with E-state index in [0.29, 0.717) is 10.8 Å². The maximum atomic E-state index is 13.2. The average molecular weight is 474 g/mol. The minimum Gasteiger partial charge on any atom is -0.300 e. The molecule has 0 amide bonds. The highest BCUT2D eigenvalue weighted by atomic mass is 35.5. The van der Waals surface area contributed by atoms with Crippen LogP contribution in [0.1, 0.15) is 24.5 Å². The van der Waals surface area contributed by atoms with Gasteiger partial charge in [-0.15, -0.1) is 21.5 Å². The minimum absolute atomic E-state index is 0.0851. The molecule has 0 aliphatic carbocycles. The van der Waals surface area contributed by atoms with Gasteiger partial charge in [-0.25, -0.2) is 9.37 Å². The number of rotatable bonds is 7. The molecule has 0 radical (unpaired) electrons. The molecular weight excluding hydrogens is 453 g/mol. The van der Waals surface area contributed by atoms with Crippen molar-refractivity contribution in [3.63, 3.8) is 0 Å². The van der Waals surface area contributed by atoms with E-state index in [-0.39, 0.29) is 11.9 Å². The summed E-state index contributed by atoms with van der Waals surface area (Å²) in [5.74, 6) is 1.26. The van der Waals surface area contributed by atoms with Crippen molar-refractivity contribution in [1.82, 2.24) is 24.6 Å². The second-order valence-electron chi connectivity index (χ2n) is 7.23. The molecule has 160 valence electrons. The Morgan fingerprint density at radius 2 is 1.81 bits per heavy atom. The van der Waals surface area contributed by atoms with Crippen molar-refractivity contribution in [3.8, 4) is 16.3 Å². The van der Waals surface area contributed by atoms with E-state index in [2.05, 4.69) is 26.6 Å². The van der Waals surface area contributed by atoms with Crippen LogP contribution in [0.25, 0.3) is 16.3 Å². The van der Waals surface area contributed by atoms with E-state index in [9.17, 15) is 4.39 Å². The number of nitrogens with zero attached hydrogens (tertiary/aromatic N) is 5. The van der Waals surface area contributed by atoms with Crippen LogP contribution in [0.3, 0.4) is 0 Å². The second-order valence-corrected chi connectivity index (χ2v) is 9.47. The monoisotopic (exact) mass is 473 g/mol. The van der Waals surface area contributed by atoms with Gasteiger partial charge in [0.25, 0.3) is 0 Å². The number of aromatic nitrogens is 4. The Morgan fingerprint density at radius 1 is 1.10 bits per heavy atom. The molecule has 0 fully saturated rings. The first-order chi connectivity index (χ1) is 14.9. The summed E-state index contributed by atoms with van der Waals surface area (Å²) < 4.78 is 15.2. The topological polar surface area (TPSA) is 46.8 Å². The first-order valence-electron chi connectivity index (χ1n) is 9.63. The molecule has 0 aliphatic heterocycles. The molecule has 1 unspecified atom stereocenters. The molecule has 1 atom stereocenters. The molecule has 2 aromatic carbocycles. The summed E-state index contributed by atoms with van der Waals surface area (Å²) in [6.07, 6.45) is 0. The molecular formula is C22H21ClFN5S2. The molecule has 0 N–H and O–H groups in total. The van der Waals surface area contributed by atoms with Crippen LogP contribution < -0.4 is 0 Å². The smallest absolute Gasteiger partial charge is 0.196 e. The van der Waals surface area contributed by atoms with Crippen LogP contribution in [-0.4, -0.2) is 38.7 Å². The highest BCUT2D eigenvalue weighted by molar-refractivity contribution is 7.98. The molecule has 2 aromatic heterocycles. The zero-order chi connectivity index (χ0) is 22.0. The van der Waals surface area contributed by atoms with Crippen molar-refractivity contribution in [1.29, 1.82) is 0 Å². The summed E-state index contributed by atoms with van der Waals surface area (Å²) in [6.45, 7) is 2.10. The van der Waals surface area contributed by atoms with Crippen molar-refractivity contribution in [3.05, 3.63) is 76.3 Å². The van der Waals surface area contributed by atoms with Crippen molar-refractivity contribution in [2.45, 2.75) is 23.9 Å². The highest BCUT2D eigenvalue weighted by Gasteiger charge is 2.21. The summed E-state index contributed by atoms with van der Waals surface area (Å²) in [5.41, 5.74) is 2.82. The third-order valence-electron chi connectivity index (χ3n) is 4.88. The highest BCUT2D eigenvalue weighted by Crippen LogP contribution is 2.31. The van der Waals surface area contributed by atoms with Gasteiger partial charge in [-0.05, 0) is 69.6 Å². The van der Waals surface area contributed by atoms with Crippen LogP contribution in [0.2, 0.25) is 5.02 Å². The van der Waals surface area contributed by atoms with Gasteiger partial charge in [0.1, 0.15) is 10.8 Å². The van der Waals surface area contributed by atoms with Gasteiger partial charge >= 0.3 is 0 Å². The second kappa shape index (κ2) is 9.48. The molecule has 5 nitrogen and oxygen atoms in total. The third-order valence-corrected chi connectivity index (χ3v) is 7.04. The first-order valence-corrected chi connectivity index (χ1v) is 11.9. The maximum absolute atomic E-state index is 13.2. The molecule has 0 saturated heterocycles. The van der Waals surface area contributed by atoms with E-state index in [1.165, 1.54) is 12.1 Å². The zero-order valence-corrected chi connectivity index (χ0v) is 19.7. The Bertz CT molecular complexity index is 1160. The van der Waals surface area contributed by atoms with Gasteiger partial charge < -0.3 is 0 Å². The minimum atomic E-state index is -0.250. The van der Waals surface area contributed by atoms with Gasteiger partial charge in [0.15, 0.2) is 11.0 Å². The number of benzene rings is 2. The predicted octanol–water partition coefficient (Wildman–Crippen LogP) is 6.10. The Balaban J connectivity index is 1.59. The van der Waals surface area contributed by atoms with Crippen LogP contribution in [-0.2, 0) is 5.75 Å². The Morgan fingerprint density at radius 3 is 2.48 bits per heavy atom. The Labute approximate surface area is 193 Å². The first kappa shape index (κ1) is 22.0. The molecule has 0 saturated carbocycles. The normalized spacial score (nSPS) is 12.5. The molecule has 0 aliphatic rings. The fraction of sp³-hybridized carbons (Fsp3) is 0.227. The summed E-state index contributed by atoms with van der Waals surface area (Å²) in [5, 5.41) is 13.3. The lowest BCUT2D eigenvalue weighted by atomic mass is 10.2.